The van der Waals surface area contributed by atoms with Crippen LogP contribution in [0.5, 0.6) is 0 Å². The molecule has 1 aliphatic rings. The monoisotopic (exact) mass is 195 g/mol. The van der Waals surface area contributed by atoms with Crippen LogP contribution in [0.2, 0.25) is 5.02 Å². The normalized spacial score (nSPS) is 27.0. The lowest BCUT2D eigenvalue weighted by Gasteiger charge is -2.34. The Morgan fingerprint density at radius 1 is 1.38 bits per heavy atom. The molecule has 2 atom stereocenters. The van der Waals surface area contributed by atoms with Crippen LogP contribution in [0.4, 0.5) is 0 Å². The number of hydrogen-bond donors (Lipinski definition) is 1. The fourth-order valence-electron chi connectivity index (χ4n) is 1.78. The van der Waals surface area contributed by atoms with Gasteiger partial charge < -0.3 is 5.73 Å². The van der Waals surface area contributed by atoms with Gasteiger partial charge in [0.25, 0.3) is 0 Å². The summed E-state index contributed by atoms with van der Waals surface area (Å²) >= 11 is 6.05. The first kappa shape index (κ1) is 9.04. The summed E-state index contributed by atoms with van der Waals surface area (Å²) in [5, 5.41) is 0.858. The maximum absolute atomic E-state index is 6.05. The average molecular weight is 196 g/mol. The molecule has 1 aliphatic carbocycles. The highest BCUT2D eigenvalue weighted by Crippen LogP contribution is 2.36. The van der Waals surface area contributed by atoms with E-state index in [1.54, 1.807) is 0 Å². The van der Waals surface area contributed by atoms with Gasteiger partial charge in [-0.15, -0.1) is 0 Å². The van der Waals surface area contributed by atoms with Crippen LogP contribution < -0.4 is 5.73 Å². The lowest BCUT2D eigenvalue weighted by molar-refractivity contribution is 0.346. The third-order valence-electron chi connectivity index (χ3n) is 2.95. The van der Waals surface area contributed by atoms with Crippen molar-refractivity contribution in [3.63, 3.8) is 0 Å². The highest BCUT2D eigenvalue weighted by atomic mass is 35.5. The van der Waals surface area contributed by atoms with E-state index in [0.717, 1.165) is 17.0 Å². The van der Waals surface area contributed by atoms with Gasteiger partial charge in [0.2, 0.25) is 0 Å². The average Bonchev–Trinajstić information content (AvgIpc) is 2.09. The van der Waals surface area contributed by atoms with Crippen LogP contribution >= 0.6 is 11.6 Å². The van der Waals surface area contributed by atoms with Gasteiger partial charge >= 0.3 is 0 Å². The Hall–Kier alpha value is -0.530. The van der Waals surface area contributed by atoms with Crippen molar-refractivity contribution in [1.82, 2.24) is 0 Å². The van der Waals surface area contributed by atoms with Crippen molar-refractivity contribution in [2.24, 2.45) is 5.73 Å². The van der Waals surface area contributed by atoms with Gasteiger partial charge in [-0.2, -0.15) is 0 Å². The highest BCUT2D eigenvalue weighted by Gasteiger charge is 2.28. The molecule has 1 aromatic rings. The summed E-state index contributed by atoms with van der Waals surface area (Å²) in [6.07, 6.45) is 2.36. The van der Waals surface area contributed by atoms with Gasteiger partial charge in [0.05, 0.1) is 0 Å². The van der Waals surface area contributed by atoms with E-state index in [9.17, 15) is 0 Å². The van der Waals surface area contributed by atoms with Crippen LogP contribution in [-0.2, 0) is 0 Å². The minimum Gasteiger partial charge on any atom is -0.327 e. The molecule has 0 bridgehead atoms. The van der Waals surface area contributed by atoms with E-state index < -0.39 is 0 Å². The van der Waals surface area contributed by atoms with Crippen LogP contribution in [-0.4, -0.2) is 6.04 Å². The van der Waals surface area contributed by atoms with Crippen molar-refractivity contribution in [2.45, 2.75) is 31.7 Å². The predicted octanol–water partition coefficient (Wildman–Crippen LogP) is 2.85. The lowest BCUT2D eigenvalue weighted by atomic mass is 9.75. The number of nitrogens with two attached hydrogens (primary N) is 1. The third-order valence-corrected chi connectivity index (χ3v) is 3.36. The lowest BCUT2D eigenvalue weighted by Crippen LogP contribution is -2.37. The first-order valence-corrected chi connectivity index (χ1v) is 5.08. The van der Waals surface area contributed by atoms with E-state index in [2.05, 4.69) is 18.2 Å². The van der Waals surface area contributed by atoms with Crippen LogP contribution in [0.3, 0.4) is 0 Å². The number of benzene rings is 1. The predicted molar refractivity (Wildman–Crippen MR) is 56.1 cm³/mol. The zero-order valence-electron chi connectivity index (χ0n) is 7.76. The standard InChI is InChI=1S/C11H14ClN/c1-7-2-3-8(6-10(7)12)9-4-5-11(9)13/h2-3,6,9,11H,4-5,13H2,1H3. The third kappa shape index (κ3) is 1.59. The topological polar surface area (TPSA) is 26.0 Å². The number of halogens is 1. The molecular weight excluding hydrogens is 182 g/mol. The van der Waals surface area contributed by atoms with Gasteiger partial charge in [-0.3, -0.25) is 0 Å². The minimum atomic E-state index is 0.346. The van der Waals surface area contributed by atoms with Gasteiger partial charge in [-0.25, -0.2) is 0 Å². The molecule has 0 aliphatic heterocycles. The second-order valence-electron chi connectivity index (χ2n) is 3.86. The number of hydrogen-bond acceptors (Lipinski definition) is 1. The SMILES string of the molecule is Cc1ccc(C2CCC2N)cc1Cl. The van der Waals surface area contributed by atoms with Gasteiger partial charge in [0, 0.05) is 11.1 Å². The molecule has 2 N–H and O–H groups in total. The van der Waals surface area contributed by atoms with E-state index in [4.69, 9.17) is 17.3 Å². The molecule has 0 radical (unpaired) electrons. The molecule has 0 heterocycles. The van der Waals surface area contributed by atoms with Crippen LogP contribution in [0.1, 0.15) is 29.9 Å². The van der Waals surface area contributed by atoms with E-state index in [1.165, 1.54) is 12.0 Å². The maximum Gasteiger partial charge on any atom is 0.0438 e. The van der Waals surface area contributed by atoms with Gasteiger partial charge in [0.1, 0.15) is 0 Å². The van der Waals surface area contributed by atoms with Crippen LogP contribution in [0, 0.1) is 6.92 Å². The van der Waals surface area contributed by atoms with Gasteiger partial charge in [-0.05, 0) is 42.9 Å². The highest BCUT2D eigenvalue weighted by molar-refractivity contribution is 6.31. The Morgan fingerprint density at radius 3 is 2.62 bits per heavy atom. The molecule has 1 aromatic carbocycles. The number of aryl methyl sites for hydroxylation is 1. The fraction of sp³-hybridized carbons (Fsp3) is 0.455. The molecule has 0 aromatic heterocycles. The summed E-state index contributed by atoms with van der Waals surface area (Å²) in [5.41, 5.74) is 8.34. The zero-order chi connectivity index (χ0) is 9.42. The Bertz CT molecular complexity index is 322. The van der Waals surface area contributed by atoms with Gasteiger partial charge in [0.15, 0.2) is 0 Å². The van der Waals surface area contributed by atoms with E-state index in [-0.39, 0.29) is 0 Å². The molecule has 1 nitrogen and oxygen atoms in total. The summed E-state index contributed by atoms with van der Waals surface area (Å²) in [6, 6.07) is 6.62. The molecule has 2 unspecified atom stereocenters. The van der Waals surface area contributed by atoms with Crippen molar-refractivity contribution in [1.29, 1.82) is 0 Å². The second-order valence-corrected chi connectivity index (χ2v) is 4.26. The molecule has 0 spiro atoms. The minimum absolute atomic E-state index is 0.346. The van der Waals surface area contributed by atoms with Crippen LogP contribution in [0.15, 0.2) is 18.2 Å². The van der Waals surface area contributed by atoms with E-state index >= 15 is 0 Å². The molecule has 1 saturated carbocycles. The first-order valence-electron chi connectivity index (χ1n) is 4.70. The summed E-state index contributed by atoms with van der Waals surface area (Å²) < 4.78 is 0. The second kappa shape index (κ2) is 3.32. The van der Waals surface area contributed by atoms with Crippen LogP contribution in [0.25, 0.3) is 0 Å². The molecule has 1 fully saturated rings. The Kier molecular flexibility index (Phi) is 2.31. The summed E-state index contributed by atoms with van der Waals surface area (Å²) in [7, 11) is 0. The summed E-state index contributed by atoms with van der Waals surface area (Å²) in [6.45, 7) is 2.02. The van der Waals surface area contributed by atoms with Crippen molar-refractivity contribution in [2.75, 3.05) is 0 Å². The summed E-state index contributed by atoms with van der Waals surface area (Å²) in [5.74, 6) is 0.540. The largest absolute Gasteiger partial charge is 0.327 e. The maximum atomic E-state index is 6.05. The number of rotatable bonds is 1. The van der Waals surface area contributed by atoms with E-state index in [0.29, 0.717) is 12.0 Å². The first-order chi connectivity index (χ1) is 6.18. The smallest absolute Gasteiger partial charge is 0.0438 e. The molecule has 2 heteroatoms. The Morgan fingerprint density at radius 2 is 2.15 bits per heavy atom. The Labute approximate surface area is 83.9 Å². The molecule has 70 valence electrons. The molecule has 0 amide bonds. The van der Waals surface area contributed by atoms with Crippen molar-refractivity contribution < 1.29 is 0 Å². The quantitative estimate of drug-likeness (QED) is 0.733. The Balaban J connectivity index is 2.26. The summed E-state index contributed by atoms with van der Waals surface area (Å²) in [4.78, 5) is 0. The van der Waals surface area contributed by atoms with E-state index in [1.807, 2.05) is 6.92 Å². The van der Waals surface area contributed by atoms with Crippen molar-refractivity contribution >= 4 is 11.6 Å². The fourth-order valence-corrected chi connectivity index (χ4v) is 1.97. The molecule has 2 rings (SSSR count). The van der Waals surface area contributed by atoms with Crippen molar-refractivity contribution in [3.05, 3.63) is 34.3 Å². The molecule has 13 heavy (non-hydrogen) atoms. The molecule has 0 saturated heterocycles. The van der Waals surface area contributed by atoms with Gasteiger partial charge in [-0.1, -0.05) is 23.7 Å². The zero-order valence-corrected chi connectivity index (χ0v) is 8.51. The molecular formula is C11H14ClN. The van der Waals surface area contributed by atoms with Crippen molar-refractivity contribution in [3.8, 4) is 0 Å².